The van der Waals surface area contributed by atoms with Crippen molar-refractivity contribution in [3.05, 3.63) is 54.1 Å². The molecular weight excluding hydrogens is 198 g/mol. The van der Waals surface area contributed by atoms with Gasteiger partial charge in [-0.2, -0.15) is 0 Å². The summed E-state index contributed by atoms with van der Waals surface area (Å²) >= 11 is 0. The molecule has 0 saturated heterocycles. The van der Waals surface area contributed by atoms with Crippen LogP contribution in [0.5, 0.6) is 0 Å². The zero-order valence-electron chi connectivity index (χ0n) is 9.10. The molecule has 0 radical (unpaired) electrons. The monoisotopic (exact) mass is 211 g/mol. The van der Waals surface area contributed by atoms with Crippen LogP contribution in [0.4, 0.5) is 5.69 Å². The first-order chi connectivity index (χ1) is 7.85. The van der Waals surface area contributed by atoms with Crippen LogP contribution in [0, 0.1) is 0 Å². The lowest BCUT2D eigenvalue weighted by atomic mass is 10.0. The van der Waals surface area contributed by atoms with E-state index in [2.05, 4.69) is 11.4 Å². The highest BCUT2D eigenvalue weighted by Gasteiger charge is 2.02. The van der Waals surface area contributed by atoms with E-state index >= 15 is 0 Å². The molecule has 0 aliphatic heterocycles. The molecule has 0 atom stereocenters. The second-order valence-electron chi connectivity index (χ2n) is 3.54. The summed E-state index contributed by atoms with van der Waals surface area (Å²) in [4.78, 5) is 10.6. The van der Waals surface area contributed by atoms with E-state index in [0.717, 1.165) is 23.1 Å². The second kappa shape index (κ2) is 4.62. The van der Waals surface area contributed by atoms with Gasteiger partial charge in [0.25, 0.3) is 0 Å². The molecule has 0 saturated carbocycles. The van der Waals surface area contributed by atoms with Crippen LogP contribution in [-0.2, 0) is 0 Å². The van der Waals surface area contributed by atoms with Crippen molar-refractivity contribution in [1.82, 2.24) is 0 Å². The molecule has 0 unspecified atom stereocenters. The Bertz CT molecular complexity index is 488. The number of hydrogen-bond donors (Lipinski definition) is 1. The molecule has 2 heteroatoms. The average Bonchev–Trinajstić information content (AvgIpc) is 2.39. The van der Waals surface area contributed by atoms with E-state index in [0.29, 0.717) is 5.56 Å². The fourth-order valence-electron chi connectivity index (χ4n) is 1.69. The van der Waals surface area contributed by atoms with Crippen LogP contribution in [0.3, 0.4) is 0 Å². The van der Waals surface area contributed by atoms with Gasteiger partial charge in [0.1, 0.15) is 6.29 Å². The summed E-state index contributed by atoms with van der Waals surface area (Å²) in [5.41, 5.74) is 4.03. The number of rotatable bonds is 3. The maximum absolute atomic E-state index is 10.6. The zero-order valence-corrected chi connectivity index (χ0v) is 9.10. The Balaban J connectivity index is 2.45. The maximum Gasteiger partial charge on any atom is 0.150 e. The molecule has 2 nitrogen and oxygen atoms in total. The van der Waals surface area contributed by atoms with Crippen molar-refractivity contribution >= 4 is 12.0 Å². The maximum atomic E-state index is 10.6. The first-order valence-corrected chi connectivity index (χ1v) is 5.17. The summed E-state index contributed by atoms with van der Waals surface area (Å²) in [6.45, 7) is 0. The van der Waals surface area contributed by atoms with Crippen molar-refractivity contribution in [2.45, 2.75) is 0 Å². The zero-order chi connectivity index (χ0) is 11.4. The van der Waals surface area contributed by atoms with Crippen LogP contribution >= 0.6 is 0 Å². The van der Waals surface area contributed by atoms with Crippen LogP contribution in [0.1, 0.15) is 10.4 Å². The first-order valence-electron chi connectivity index (χ1n) is 5.17. The Morgan fingerprint density at radius 3 is 2.31 bits per heavy atom. The van der Waals surface area contributed by atoms with Gasteiger partial charge in [-0.15, -0.1) is 0 Å². The molecule has 2 rings (SSSR count). The molecule has 0 spiro atoms. The van der Waals surface area contributed by atoms with E-state index in [4.69, 9.17) is 0 Å². The van der Waals surface area contributed by atoms with Crippen LogP contribution in [0.2, 0.25) is 0 Å². The van der Waals surface area contributed by atoms with E-state index in [-0.39, 0.29) is 0 Å². The molecule has 80 valence electrons. The van der Waals surface area contributed by atoms with Gasteiger partial charge in [-0.25, -0.2) is 0 Å². The van der Waals surface area contributed by atoms with Crippen molar-refractivity contribution < 1.29 is 4.79 Å². The highest BCUT2D eigenvalue weighted by atomic mass is 16.1. The highest BCUT2D eigenvalue weighted by Crippen LogP contribution is 2.27. The summed E-state index contributed by atoms with van der Waals surface area (Å²) < 4.78 is 0. The molecule has 0 aliphatic rings. The highest BCUT2D eigenvalue weighted by molar-refractivity contribution is 5.81. The van der Waals surface area contributed by atoms with Crippen molar-refractivity contribution in [3.8, 4) is 11.1 Å². The van der Waals surface area contributed by atoms with Crippen molar-refractivity contribution in [1.29, 1.82) is 0 Å². The molecule has 0 amide bonds. The van der Waals surface area contributed by atoms with Gasteiger partial charge in [0.05, 0.1) is 0 Å². The topological polar surface area (TPSA) is 29.1 Å². The SMILES string of the molecule is CNc1ccccc1-c1ccc(C=O)cc1. The van der Waals surface area contributed by atoms with Gasteiger partial charge >= 0.3 is 0 Å². The summed E-state index contributed by atoms with van der Waals surface area (Å²) in [5.74, 6) is 0. The Labute approximate surface area is 94.9 Å². The number of hydrogen-bond acceptors (Lipinski definition) is 2. The largest absolute Gasteiger partial charge is 0.388 e. The normalized spacial score (nSPS) is 9.81. The number of aldehydes is 1. The molecule has 0 fully saturated rings. The van der Waals surface area contributed by atoms with Gasteiger partial charge in [0, 0.05) is 23.9 Å². The van der Waals surface area contributed by atoms with Gasteiger partial charge in [-0.05, 0) is 11.6 Å². The average molecular weight is 211 g/mol. The Morgan fingerprint density at radius 1 is 1.00 bits per heavy atom. The predicted molar refractivity (Wildman–Crippen MR) is 66.8 cm³/mol. The smallest absolute Gasteiger partial charge is 0.150 e. The Kier molecular flexibility index (Phi) is 3.01. The minimum atomic E-state index is 0.700. The molecule has 2 aromatic carbocycles. The fourth-order valence-corrected chi connectivity index (χ4v) is 1.69. The van der Waals surface area contributed by atoms with Crippen LogP contribution < -0.4 is 5.32 Å². The molecule has 0 bridgehead atoms. The lowest BCUT2D eigenvalue weighted by molar-refractivity contribution is 0.112. The Hall–Kier alpha value is -2.09. The lowest BCUT2D eigenvalue weighted by Crippen LogP contribution is -1.91. The quantitative estimate of drug-likeness (QED) is 0.790. The molecule has 0 aromatic heterocycles. The standard InChI is InChI=1S/C14H13NO/c1-15-14-5-3-2-4-13(14)12-8-6-11(10-16)7-9-12/h2-10,15H,1H3. The number of carbonyl (C=O) groups excluding carboxylic acids is 1. The molecular formula is C14H13NO. The van der Waals surface area contributed by atoms with Crippen LogP contribution in [0.25, 0.3) is 11.1 Å². The van der Waals surface area contributed by atoms with Gasteiger partial charge in [0.15, 0.2) is 0 Å². The number of anilines is 1. The number of benzene rings is 2. The van der Waals surface area contributed by atoms with Crippen molar-refractivity contribution in [2.75, 3.05) is 12.4 Å². The predicted octanol–water partition coefficient (Wildman–Crippen LogP) is 3.21. The van der Waals surface area contributed by atoms with Crippen molar-refractivity contribution in [2.24, 2.45) is 0 Å². The lowest BCUT2D eigenvalue weighted by Gasteiger charge is -2.08. The van der Waals surface area contributed by atoms with E-state index in [1.165, 1.54) is 0 Å². The molecule has 1 N–H and O–H groups in total. The van der Waals surface area contributed by atoms with Gasteiger partial charge in [-0.3, -0.25) is 4.79 Å². The van der Waals surface area contributed by atoms with E-state index in [9.17, 15) is 4.79 Å². The minimum absolute atomic E-state index is 0.700. The van der Waals surface area contributed by atoms with E-state index < -0.39 is 0 Å². The van der Waals surface area contributed by atoms with Gasteiger partial charge < -0.3 is 5.32 Å². The third kappa shape index (κ3) is 1.96. The number of para-hydroxylation sites is 1. The third-order valence-corrected chi connectivity index (χ3v) is 2.55. The second-order valence-corrected chi connectivity index (χ2v) is 3.54. The molecule has 2 aromatic rings. The number of nitrogens with one attached hydrogen (secondary N) is 1. The number of carbonyl (C=O) groups is 1. The van der Waals surface area contributed by atoms with E-state index in [1.807, 2.05) is 49.5 Å². The Morgan fingerprint density at radius 2 is 1.69 bits per heavy atom. The molecule has 16 heavy (non-hydrogen) atoms. The van der Waals surface area contributed by atoms with Crippen LogP contribution in [0.15, 0.2) is 48.5 Å². The fraction of sp³-hybridized carbons (Fsp3) is 0.0714. The van der Waals surface area contributed by atoms with E-state index in [1.54, 1.807) is 0 Å². The minimum Gasteiger partial charge on any atom is -0.388 e. The third-order valence-electron chi connectivity index (χ3n) is 2.55. The van der Waals surface area contributed by atoms with Gasteiger partial charge in [0.2, 0.25) is 0 Å². The molecule has 0 heterocycles. The summed E-state index contributed by atoms with van der Waals surface area (Å²) in [7, 11) is 1.90. The first kappa shape index (κ1) is 10.4. The van der Waals surface area contributed by atoms with Gasteiger partial charge in [-0.1, -0.05) is 42.5 Å². The summed E-state index contributed by atoms with van der Waals surface area (Å²) in [6, 6.07) is 15.7. The van der Waals surface area contributed by atoms with Crippen molar-refractivity contribution in [3.63, 3.8) is 0 Å². The molecule has 0 aliphatic carbocycles. The summed E-state index contributed by atoms with van der Waals surface area (Å²) in [6.07, 6.45) is 0.855. The van der Waals surface area contributed by atoms with Crippen LogP contribution in [-0.4, -0.2) is 13.3 Å². The summed E-state index contributed by atoms with van der Waals surface area (Å²) in [5, 5.41) is 3.15.